The fraction of sp³-hybridized carbons (Fsp3) is 0.923. The predicted octanol–water partition coefficient (Wildman–Crippen LogP) is -1.86. The van der Waals surface area contributed by atoms with E-state index in [1.165, 1.54) is 7.11 Å². The van der Waals surface area contributed by atoms with Gasteiger partial charge in [-0.05, 0) is 13.8 Å². The van der Waals surface area contributed by atoms with E-state index in [2.05, 4.69) is 0 Å². The second-order valence-corrected chi connectivity index (χ2v) is 5.70. The maximum atomic E-state index is 11.9. The van der Waals surface area contributed by atoms with Crippen LogP contribution in [0.25, 0.3) is 0 Å². The molecule has 0 unspecified atom stereocenters. The first-order valence-corrected chi connectivity index (χ1v) is 6.96. The van der Waals surface area contributed by atoms with Crippen molar-refractivity contribution in [1.29, 1.82) is 0 Å². The molecule has 9 nitrogen and oxygen atoms in total. The van der Waals surface area contributed by atoms with Crippen LogP contribution in [0.15, 0.2) is 0 Å². The molecule has 0 saturated carbocycles. The largest absolute Gasteiger partial charge is 0.461 e. The number of hydrogen-bond acceptors (Lipinski definition) is 9. The number of methoxy groups -OCH3 is 1. The number of carbonyl (C=O) groups excluding carboxylic acids is 1. The van der Waals surface area contributed by atoms with Gasteiger partial charge in [-0.25, -0.2) is 4.79 Å². The molecule has 0 aliphatic carbocycles. The molecule has 0 aromatic rings. The van der Waals surface area contributed by atoms with Crippen molar-refractivity contribution in [2.24, 2.45) is 0 Å². The van der Waals surface area contributed by atoms with E-state index in [1.54, 1.807) is 13.8 Å². The number of rotatable bonds is 4. The highest BCUT2D eigenvalue weighted by Crippen LogP contribution is 2.24. The zero-order valence-corrected chi connectivity index (χ0v) is 12.7. The summed E-state index contributed by atoms with van der Waals surface area (Å²) in [7, 11) is 1.28. The Morgan fingerprint density at radius 3 is 2.45 bits per heavy atom. The number of aliphatic hydroxyl groups is 3. The second kappa shape index (κ2) is 6.75. The molecule has 0 amide bonds. The summed E-state index contributed by atoms with van der Waals surface area (Å²) in [4.78, 5) is 11.9. The zero-order chi connectivity index (χ0) is 16.5. The summed E-state index contributed by atoms with van der Waals surface area (Å²) in [5, 5.41) is 29.2. The van der Waals surface area contributed by atoms with Crippen LogP contribution in [0.1, 0.15) is 13.8 Å². The van der Waals surface area contributed by atoms with Crippen LogP contribution in [-0.2, 0) is 28.5 Å². The third kappa shape index (κ3) is 3.74. The van der Waals surface area contributed by atoms with Gasteiger partial charge in [0.15, 0.2) is 18.2 Å². The van der Waals surface area contributed by atoms with Gasteiger partial charge in [0, 0.05) is 7.11 Å². The average Bonchev–Trinajstić information content (AvgIpc) is 2.84. The van der Waals surface area contributed by atoms with Gasteiger partial charge in [-0.3, -0.25) is 0 Å². The van der Waals surface area contributed by atoms with Gasteiger partial charge < -0.3 is 39.0 Å². The van der Waals surface area contributed by atoms with Crippen molar-refractivity contribution >= 4 is 5.97 Å². The van der Waals surface area contributed by atoms with E-state index in [-0.39, 0.29) is 13.2 Å². The van der Waals surface area contributed by atoms with Crippen molar-refractivity contribution in [2.45, 2.75) is 56.4 Å². The van der Waals surface area contributed by atoms with Crippen molar-refractivity contribution in [1.82, 2.24) is 0 Å². The maximum Gasteiger partial charge on any atom is 0.337 e. The topological polar surface area (TPSA) is 124 Å². The Kier molecular flexibility index (Phi) is 5.38. The van der Waals surface area contributed by atoms with Gasteiger partial charge in [-0.2, -0.15) is 0 Å². The highest BCUT2D eigenvalue weighted by atomic mass is 16.8. The van der Waals surface area contributed by atoms with Crippen molar-refractivity contribution in [3.8, 4) is 0 Å². The molecular formula is C13H22O9. The first-order valence-electron chi connectivity index (χ1n) is 6.96. The molecule has 2 aliphatic rings. The summed E-state index contributed by atoms with van der Waals surface area (Å²) >= 11 is 0. The van der Waals surface area contributed by atoms with E-state index in [4.69, 9.17) is 23.7 Å². The molecule has 0 aromatic carbocycles. The molecule has 0 bridgehead atoms. The number of esters is 1. The lowest BCUT2D eigenvalue weighted by atomic mass is 9.99. The Morgan fingerprint density at radius 2 is 1.91 bits per heavy atom. The van der Waals surface area contributed by atoms with Gasteiger partial charge in [0.1, 0.15) is 31.0 Å². The SMILES string of the molecule is CO[C@H]1O[C@H](COC(=O)[C@H]2COC(C)(C)O2)[C@@H](O)[C@H](O)[C@@H]1O. The summed E-state index contributed by atoms with van der Waals surface area (Å²) in [5.41, 5.74) is 0. The summed E-state index contributed by atoms with van der Waals surface area (Å²) < 4.78 is 25.7. The molecule has 0 spiro atoms. The second-order valence-electron chi connectivity index (χ2n) is 5.70. The molecular weight excluding hydrogens is 300 g/mol. The monoisotopic (exact) mass is 322 g/mol. The molecule has 6 atom stereocenters. The quantitative estimate of drug-likeness (QED) is 0.511. The number of carbonyl (C=O) groups is 1. The van der Waals surface area contributed by atoms with Gasteiger partial charge in [-0.1, -0.05) is 0 Å². The maximum absolute atomic E-state index is 11.9. The van der Waals surface area contributed by atoms with Crippen LogP contribution >= 0.6 is 0 Å². The van der Waals surface area contributed by atoms with Crippen molar-refractivity contribution < 1.29 is 43.8 Å². The van der Waals surface area contributed by atoms with E-state index in [0.717, 1.165) is 0 Å². The minimum atomic E-state index is -1.47. The number of aliphatic hydroxyl groups excluding tert-OH is 3. The highest BCUT2D eigenvalue weighted by molar-refractivity contribution is 5.75. The Balaban J connectivity index is 1.86. The molecule has 2 heterocycles. The average molecular weight is 322 g/mol. The van der Waals surface area contributed by atoms with Crippen LogP contribution in [0.3, 0.4) is 0 Å². The van der Waals surface area contributed by atoms with E-state index in [0.29, 0.717) is 0 Å². The van der Waals surface area contributed by atoms with Gasteiger partial charge in [0.05, 0.1) is 6.61 Å². The van der Waals surface area contributed by atoms with Gasteiger partial charge >= 0.3 is 5.97 Å². The lowest BCUT2D eigenvalue weighted by molar-refractivity contribution is -0.295. The lowest BCUT2D eigenvalue weighted by Crippen LogP contribution is -2.59. The van der Waals surface area contributed by atoms with Crippen LogP contribution in [0.2, 0.25) is 0 Å². The van der Waals surface area contributed by atoms with Crippen molar-refractivity contribution in [2.75, 3.05) is 20.3 Å². The Bertz CT molecular complexity index is 397. The molecule has 2 rings (SSSR count). The van der Waals surface area contributed by atoms with Crippen LogP contribution < -0.4 is 0 Å². The van der Waals surface area contributed by atoms with Crippen LogP contribution in [-0.4, -0.2) is 84.2 Å². The minimum Gasteiger partial charge on any atom is -0.461 e. The smallest absolute Gasteiger partial charge is 0.337 e. The van der Waals surface area contributed by atoms with Gasteiger partial charge in [-0.15, -0.1) is 0 Å². The third-order valence-corrected chi connectivity index (χ3v) is 3.56. The van der Waals surface area contributed by atoms with E-state index >= 15 is 0 Å². The molecule has 128 valence electrons. The molecule has 22 heavy (non-hydrogen) atoms. The first kappa shape index (κ1) is 17.5. The minimum absolute atomic E-state index is 0.0714. The van der Waals surface area contributed by atoms with Crippen LogP contribution in [0.4, 0.5) is 0 Å². The lowest BCUT2D eigenvalue weighted by Gasteiger charge is -2.39. The molecule has 2 fully saturated rings. The van der Waals surface area contributed by atoms with E-state index < -0.39 is 48.6 Å². The number of ether oxygens (including phenoxy) is 5. The predicted molar refractivity (Wildman–Crippen MR) is 69.6 cm³/mol. The Morgan fingerprint density at radius 1 is 1.23 bits per heavy atom. The molecule has 0 aromatic heterocycles. The summed E-state index contributed by atoms with van der Waals surface area (Å²) in [6, 6.07) is 0. The van der Waals surface area contributed by atoms with Gasteiger partial charge in [0.25, 0.3) is 0 Å². The van der Waals surface area contributed by atoms with Crippen LogP contribution in [0, 0.1) is 0 Å². The zero-order valence-electron chi connectivity index (χ0n) is 12.7. The molecule has 2 saturated heterocycles. The van der Waals surface area contributed by atoms with Gasteiger partial charge in [0.2, 0.25) is 0 Å². The molecule has 0 radical (unpaired) electrons. The fourth-order valence-corrected chi connectivity index (χ4v) is 2.31. The summed E-state index contributed by atoms with van der Waals surface area (Å²) in [6.45, 7) is 3.11. The molecule has 9 heteroatoms. The standard InChI is InChI=1S/C13H22O9/c1-13(2)20-5-7(22-13)11(17)19-4-6-8(14)9(15)10(16)12(18-3)21-6/h6-10,12,14-16H,4-5H2,1-3H3/t6-,7-,8-,9+,10+,12+/m1/s1. The normalized spacial score (nSPS) is 41.4. The number of hydrogen-bond donors (Lipinski definition) is 3. The Hall–Kier alpha value is -0.810. The summed E-state index contributed by atoms with van der Waals surface area (Å²) in [5.74, 6) is -1.51. The van der Waals surface area contributed by atoms with Crippen LogP contribution in [0.5, 0.6) is 0 Å². The fourth-order valence-electron chi connectivity index (χ4n) is 2.31. The van der Waals surface area contributed by atoms with E-state index in [9.17, 15) is 20.1 Å². The van der Waals surface area contributed by atoms with E-state index in [1.807, 2.05) is 0 Å². The summed E-state index contributed by atoms with van der Waals surface area (Å²) in [6.07, 6.45) is -7.27. The first-order chi connectivity index (χ1) is 10.2. The Labute approximate surface area is 127 Å². The van der Waals surface area contributed by atoms with Crippen molar-refractivity contribution in [3.05, 3.63) is 0 Å². The molecule has 3 N–H and O–H groups in total. The van der Waals surface area contributed by atoms with Crippen molar-refractivity contribution in [3.63, 3.8) is 0 Å². The highest BCUT2D eigenvalue weighted by Gasteiger charge is 2.45. The third-order valence-electron chi connectivity index (χ3n) is 3.56. The molecule has 2 aliphatic heterocycles.